The van der Waals surface area contributed by atoms with Crippen LogP contribution in [0.4, 0.5) is 11.4 Å². The van der Waals surface area contributed by atoms with E-state index in [4.69, 9.17) is 4.74 Å². The van der Waals surface area contributed by atoms with Gasteiger partial charge in [-0.15, -0.1) is 0 Å². The maximum atomic E-state index is 12.1. The highest BCUT2D eigenvalue weighted by Crippen LogP contribution is 2.19. The molecule has 2 rings (SSSR count). The third-order valence-electron chi connectivity index (χ3n) is 3.72. The van der Waals surface area contributed by atoms with Gasteiger partial charge in [0.2, 0.25) is 15.9 Å². The van der Waals surface area contributed by atoms with Gasteiger partial charge in [-0.05, 0) is 56.7 Å². The Kier molecular flexibility index (Phi) is 7.24. The van der Waals surface area contributed by atoms with E-state index in [1.807, 2.05) is 19.9 Å². The van der Waals surface area contributed by atoms with Gasteiger partial charge < -0.3 is 10.1 Å². The minimum atomic E-state index is -3.40. The lowest BCUT2D eigenvalue weighted by molar-refractivity contribution is -0.116. The van der Waals surface area contributed by atoms with Crippen molar-refractivity contribution < 1.29 is 17.9 Å². The third kappa shape index (κ3) is 6.94. The molecular weight excluding hydrogens is 364 g/mol. The molecule has 2 aromatic rings. The number of carbonyl (C=O) groups is 1. The molecule has 146 valence electrons. The van der Waals surface area contributed by atoms with Crippen LogP contribution in [0, 0.1) is 0 Å². The number of ether oxygens (including phenoxy) is 1. The number of nitrogens with one attached hydrogen (secondary N) is 1. The summed E-state index contributed by atoms with van der Waals surface area (Å²) in [5, 5.41) is 2.81. The molecule has 0 atom stereocenters. The van der Waals surface area contributed by atoms with Crippen molar-refractivity contribution in [3.05, 3.63) is 54.6 Å². The van der Waals surface area contributed by atoms with E-state index >= 15 is 0 Å². The summed E-state index contributed by atoms with van der Waals surface area (Å²) in [4.78, 5) is 12.1. The summed E-state index contributed by atoms with van der Waals surface area (Å²) in [6.07, 6.45) is 1.90. The molecule has 0 aromatic heterocycles. The van der Waals surface area contributed by atoms with Crippen molar-refractivity contribution in [1.82, 2.24) is 0 Å². The fourth-order valence-corrected chi connectivity index (χ4v) is 3.54. The van der Waals surface area contributed by atoms with Crippen LogP contribution in [0.1, 0.15) is 26.7 Å². The SMILES string of the molecule is CC(C)Oc1ccc(NC(=O)CCCN(c2ccccc2)S(C)(=O)=O)cc1. The molecule has 0 bridgehead atoms. The van der Waals surface area contributed by atoms with Crippen LogP contribution in [0.3, 0.4) is 0 Å². The Morgan fingerprint density at radius 2 is 1.70 bits per heavy atom. The highest BCUT2D eigenvalue weighted by molar-refractivity contribution is 7.92. The zero-order valence-corrected chi connectivity index (χ0v) is 16.7. The second-order valence-electron chi connectivity index (χ2n) is 6.51. The predicted octanol–water partition coefficient (Wildman–Crippen LogP) is 3.66. The van der Waals surface area contributed by atoms with Crippen LogP contribution in [0.15, 0.2) is 54.6 Å². The Balaban J connectivity index is 1.87. The Bertz CT molecular complexity index is 834. The molecule has 0 spiro atoms. The summed E-state index contributed by atoms with van der Waals surface area (Å²) in [5.74, 6) is 0.587. The summed E-state index contributed by atoms with van der Waals surface area (Å²) >= 11 is 0. The number of rotatable bonds is 9. The van der Waals surface area contributed by atoms with Crippen LogP contribution < -0.4 is 14.4 Å². The molecule has 0 fully saturated rings. The van der Waals surface area contributed by atoms with E-state index in [2.05, 4.69) is 5.32 Å². The quantitative estimate of drug-likeness (QED) is 0.709. The van der Waals surface area contributed by atoms with Gasteiger partial charge in [-0.1, -0.05) is 18.2 Å². The molecule has 6 nitrogen and oxygen atoms in total. The fourth-order valence-electron chi connectivity index (χ4n) is 2.58. The van der Waals surface area contributed by atoms with Crippen LogP contribution in [-0.4, -0.2) is 33.2 Å². The molecule has 0 saturated heterocycles. The van der Waals surface area contributed by atoms with Crippen molar-refractivity contribution in [2.45, 2.75) is 32.8 Å². The maximum Gasteiger partial charge on any atom is 0.232 e. The van der Waals surface area contributed by atoms with Crippen LogP contribution in [-0.2, 0) is 14.8 Å². The van der Waals surface area contributed by atoms with Crippen molar-refractivity contribution in [1.29, 1.82) is 0 Å². The Hall–Kier alpha value is -2.54. The molecule has 2 aromatic carbocycles. The number of nitrogens with zero attached hydrogens (tertiary/aromatic N) is 1. The van der Waals surface area contributed by atoms with Crippen molar-refractivity contribution in [2.24, 2.45) is 0 Å². The van der Waals surface area contributed by atoms with Crippen LogP contribution in [0.2, 0.25) is 0 Å². The van der Waals surface area contributed by atoms with Crippen molar-refractivity contribution in [3.8, 4) is 5.75 Å². The van der Waals surface area contributed by atoms with Crippen LogP contribution >= 0.6 is 0 Å². The molecule has 0 aliphatic heterocycles. The molecule has 0 unspecified atom stereocenters. The van der Waals surface area contributed by atoms with E-state index in [-0.39, 0.29) is 25.0 Å². The molecule has 1 N–H and O–H groups in total. The minimum Gasteiger partial charge on any atom is -0.491 e. The number of carbonyl (C=O) groups excluding carboxylic acids is 1. The standard InChI is InChI=1S/C20H26N2O4S/c1-16(2)26-19-13-11-17(12-14-19)21-20(23)10-7-15-22(27(3,24)25)18-8-5-4-6-9-18/h4-6,8-9,11-14,16H,7,10,15H2,1-3H3,(H,21,23). The first-order chi connectivity index (χ1) is 12.8. The van der Waals surface area contributed by atoms with Gasteiger partial charge in [0.1, 0.15) is 5.75 Å². The summed E-state index contributed by atoms with van der Waals surface area (Å²) in [6.45, 7) is 4.15. The molecule has 0 aliphatic carbocycles. The predicted molar refractivity (Wildman–Crippen MR) is 109 cm³/mol. The van der Waals surface area contributed by atoms with Gasteiger partial charge in [0.05, 0.1) is 18.0 Å². The van der Waals surface area contributed by atoms with E-state index in [1.54, 1.807) is 48.5 Å². The Morgan fingerprint density at radius 1 is 1.07 bits per heavy atom. The molecule has 27 heavy (non-hydrogen) atoms. The van der Waals surface area contributed by atoms with Crippen LogP contribution in [0.5, 0.6) is 5.75 Å². The first-order valence-corrected chi connectivity index (χ1v) is 10.7. The number of benzene rings is 2. The van der Waals surface area contributed by atoms with Gasteiger partial charge in [0.25, 0.3) is 0 Å². The first-order valence-electron chi connectivity index (χ1n) is 8.85. The van der Waals surface area contributed by atoms with E-state index in [1.165, 1.54) is 10.6 Å². The largest absolute Gasteiger partial charge is 0.491 e. The monoisotopic (exact) mass is 390 g/mol. The molecule has 0 heterocycles. The Labute approximate surface area is 161 Å². The highest BCUT2D eigenvalue weighted by atomic mass is 32.2. The van der Waals surface area contributed by atoms with Gasteiger partial charge in [-0.2, -0.15) is 0 Å². The number of para-hydroxylation sites is 1. The zero-order valence-electron chi connectivity index (χ0n) is 15.9. The second-order valence-corrected chi connectivity index (χ2v) is 8.42. The van der Waals surface area contributed by atoms with Gasteiger partial charge in [-0.3, -0.25) is 9.10 Å². The zero-order chi connectivity index (χ0) is 19.9. The number of anilines is 2. The summed E-state index contributed by atoms with van der Waals surface area (Å²) in [6, 6.07) is 16.0. The number of hydrogen-bond acceptors (Lipinski definition) is 4. The van der Waals surface area contributed by atoms with Crippen molar-refractivity contribution in [2.75, 3.05) is 22.4 Å². The van der Waals surface area contributed by atoms with Crippen molar-refractivity contribution >= 4 is 27.3 Å². The third-order valence-corrected chi connectivity index (χ3v) is 4.91. The molecule has 7 heteroatoms. The van der Waals surface area contributed by atoms with E-state index in [9.17, 15) is 13.2 Å². The molecule has 0 radical (unpaired) electrons. The molecule has 1 amide bonds. The molecular formula is C20H26N2O4S. The lowest BCUT2D eigenvalue weighted by atomic mass is 10.2. The van der Waals surface area contributed by atoms with Crippen molar-refractivity contribution in [3.63, 3.8) is 0 Å². The van der Waals surface area contributed by atoms with E-state index in [0.29, 0.717) is 17.8 Å². The van der Waals surface area contributed by atoms with Gasteiger partial charge >= 0.3 is 0 Å². The number of hydrogen-bond donors (Lipinski definition) is 1. The summed E-state index contributed by atoms with van der Waals surface area (Å²) in [5.41, 5.74) is 1.28. The maximum absolute atomic E-state index is 12.1. The topological polar surface area (TPSA) is 75.7 Å². The Morgan fingerprint density at radius 3 is 2.26 bits per heavy atom. The number of amides is 1. The summed E-state index contributed by atoms with van der Waals surface area (Å²) in [7, 11) is -3.40. The molecule has 0 saturated carbocycles. The lowest BCUT2D eigenvalue weighted by Crippen LogP contribution is -2.31. The minimum absolute atomic E-state index is 0.0906. The smallest absolute Gasteiger partial charge is 0.232 e. The van der Waals surface area contributed by atoms with E-state index in [0.717, 1.165) is 5.75 Å². The van der Waals surface area contributed by atoms with Crippen LogP contribution in [0.25, 0.3) is 0 Å². The van der Waals surface area contributed by atoms with Gasteiger partial charge in [-0.25, -0.2) is 8.42 Å². The summed E-state index contributed by atoms with van der Waals surface area (Å²) < 4.78 is 30.9. The lowest BCUT2D eigenvalue weighted by Gasteiger charge is -2.22. The second kappa shape index (κ2) is 9.41. The van der Waals surface area contributed by atoms with Gasteiger partial charge in [0.15, 0.2) is 0 Å². The average Bonchev–Trinajstić information content (AvgIpc) is 2.59. The first kappa shape index (κ1) is 20.8. The molecule has 0 aliphatic rings. The fraction of sp³-hybridized carbons (Fsp3) is 0.350. The van der Waals surface area contributed by atoms with E-state index < -0.39 is 10.0 Å². The number of sulfonamides is 1. The average molecular weight is 391 g/mol. The van der Waals surface area contributed by atoms with Gasteiger partial charge in [0, 0.05) is 18.7 Å². The highest BCUT2D eigenvalue weighted by Gasteiger charge is 2.17. The normalized spacial score (nSPS) is 11.3.